The van der Waals surface area contributed by atoms with Gasteiger partial charge in [0.25, 0.3) is 0 Å². The van der Waals surface area contributed by atoms with Gasteiger partial charge in [-0.1, -0.05) is 19.0 Å². The molecule has 0 fully saturated rings. The highest BCUT2D eigenvalue weighted by molar-refractivity contribution is 5.79. The normalized spacial score (nSPS) is 19.4. The van der Waals surface area contributed by atoms with Crippen molar-refractivity contribution in [2.45, 2.75) is 59.9 Å². The van der Waals surface area contributed by atoms with E-state index in [1.165, 1.54) is 0 Å². The van der Waals surface area contributed by atoms with Gasteiger partial charge in [0, 0.05) is 17.5 Å². The fraction of sp³-hybridized carbons (Fsp3) is 0.556. The van der Waals surface area contributed by atoms with Crippen LogP contribution in [0.1, 0.15) is 60.4 Å². The monoisotopic (exact) mass is 316 g/mol. The molecule has 1 aliphatic carbocycles. The number of amides is 1. The Labute approximate surface area is 136 Å². The van der Waals surface area contributed by atoms with Crippen molar-refractivity contribution in [1.29, 1.82) is 0 Å². The first-order valence-corrected chi connectivity index (χ1v) is 8.05. The zero-order valence-electron chi connectivity index (χ0n) is 14.4. The summed E-state index contributed by atoms with van der Waals surface area (Å²) in [5.74, 6) is 2.60. The number of rotatable bonds is 3. The summed E-state index contributed by atoms with van der Waals surface area (Å²) in [4.78, 5) is 12.5. The maximum atomic E-state index is 12.5. The van der Waals surface area contributed by atoms with E-state index in [2.05, 4.69) is 24.3 Å². The molecule has 1 N–H and O–H groups in total. The van der Waals surface area contributed by atoms with Crippen LogP contribution in [0.4, 0.5) is 0 Å². The lowest BCUT2D eigenvalue weighted by molar-refractivity contribution is -0.121. The molecule has 5 heteroatoms. The van der Waals surface area contributed by atoms with Gasteiger partial charge in [0.1, 0.15) is 17.3 Å². The first-order valence-electron chi connectivity index (χ1n) is 8.05. The van der Waals surface area contributed by atoms with E-state index < -0.39 is 0 Å². The smallest absolute Gasteiger partial charge is 0.225 e. The quantitative estimate of drug-likeness (QED) is 0.940. The second kappa shape index (κ2) is 5.55. The summed E-state index contributed by atoms with van der Waals surface area (Å²) >= 11 is 0. The molecule has 0 bridgehead atoms. The van der Waals surface area contributed by atoms with Crippen molar-refractivity contribution in [1.82, 2.24) is 10.5 Å². The molecule has 2 aromatic rings. The molecule has 5 nitrogen and oxygen atoms in total. The third-order valence-corrected chi connectivity index (χ3v) is 4.59. The average molecular weight is 316 g/mol. The molecule has 124 valence electrons. The van der Waals surface area contributed by atoms with Gasteiger partial charge in [-0.05, 0) is 38.7 Å². The summed E-state index contributed by atoms with van der Waals surface area (Å²) < 4.78 is 11.0. The van der Waals surface area contributed by atoms with E-state index in [-0.39, 0.29) is 17.4 Å². The number of nitrogens with one attached hydrogen (secondary N) is 1. The molecule has 1 amide bonds. The van der Waals surface area contributed by atoms with Crippen LogP contribution in [0.2, 0.25) is 0 Å². The van der Waals surface area contributed by atoms with E-state index in [1.807, 2.05) is 26.8 Å². The number of aromatic nitrogens is 1. The zero-order valence-corrected chi connectivity index (χ0v) is 14.4. The molecule has 1 atom stereocenters. The van der Waals surface area contributed by atoms with E-state index >= 15 is 0 Å². The lowest BCUT2D eigenvalue weighted by atomic mass is 9.74. The van der Waals surface area contributed by atoms with Crippen molar-refractivity contribution in [3.05, 3.63) is 40.2 Å². The molecule has 0 radical (unpaired) electrons. The lowest BCUT2D eigenvalue weighted by Crippen LogP contribution is -2.36. The van der Waals surface area contributed by atoms with E-state index in [9.17, 15) is 4.79 Å². The van der Waals surface area contributed by atoms with Gasteiger partial charge in [0.05, 0.1) is 18.2 Å². The Morgan fingerprint density at radius 1 is 1.39 bits per heavy atom. The van der Waals surface area contributed by atoms with Crippen molar-refractivity contribution in [3.8, 4) is 0 Å². The average Bonchev–Trinajstić information content (AvgIpc) is 2.94. The van der Waals surface area contributed by atoms with Crippen LogP contribution < -0.4 is 5.32 Å². The van der Waals surface area contributed by atoms with Crippen LogP contribution in [0.15, 0.2) is 15.0 Å². The predicted molar refractivity (Wildman–Crippen MR) is 86.1 cm³/mol. The second-order valence-electron chi connectivity index (χ2n) is 7.38. The van der Waals surface area contributed by atoms with Gasteiger partial charge in [0.15, 0.2) is 0 Å². The van der Waals surface area contributed by atoms with Crippen molar-refractivity contribution >= 4 is 5.91 Å². The summed E-state index contributed by atoms with van der Waals surface area (Å²) in [5.41, 5.74) is 2.88. The number of carbonyl (C=O) groups excluding carboxylic acids is 1. The Kier molecular flexibility index (Phi) is 3.82. The molecule has 0 saturated heterocycles. The van der Waals surface area contributed by atoms with Crippen molar-refractivity contribution in [2.24, 2.45) is 5.41 Å². The van der Waals surface area contributed by atoms with Gasteiger partial charge in [0.2, 0.25) is 5.91 Å². The standard InChI is InChI=1S/C18H24N2O3/c1-10-6-14-15(8-18(4,5)9-16(14)22-10)19-17(21)7-13-11(2)20-23-12(13)3/h6,15H,7-9H2,1-5H3,(H,19,21). The molecular weight excluding hydrogens is 292 g/mol. The van der Waals surface area contributed by atoms with Crippen molar-refractivity contribution in [3.63, 3.8) is 0 Å². The number of carbonyl (C=O) groups is 1. The number of nitrogens with zero attached hydrogens (tertiary/aromatic N) is 1. The largest absolute Gasteiger partial charge is 0.466 e. The molecule has 1 aliphatic rings. The molecule has 23 heavy (non-hydrogen) atoms. The number of furan rings is 1. The van der Waals surface area contributed by atoms with Crippen LogP contribution in [0.3, 0.4) is 0 Å². The predicted octanol–water partition coefficient (Wildman–Crippen LogP) is 3.57. The maximum absolute atomic E-state index is 12.5. The number of hydrogen-bond acceptors (Lipinski definition) is 4. The fourth-order valence-electron chi connectivity index (χ4n) is 3.47. The third kappa shape index (κ3) is 3.19. The Bertz CT molecular complexity index is 720. The van der Waals surface area contributed by atoms with Crippen LogP contribution in [0.5, 0.6) is 0 Å². The van der Waals surface area contributed by atoms with Gasteiger partial charge in [-0.2, -0.15) is 0 Å². The number of fused-ring (bicyclic) bond motifs is 1. The lowest BCUT2D eigenvalue weighted by Gasteiger charge is -2.34. The van der Waals surface area contributed by atoms with Crippen molar-refractivity contribution in [2.75, 3.05) is 0 Å². The molecule has 0 aromatic carbocycles. The number of hydrogen-bond donors (Lipinski definition) is 1. The van der Waals surface area contributed by atoms with Gasteiger partial charge < -0.3 is 14.3 Å². The van der Waals surface area contributed by atoms with Gasteiger partial charge in [-0.3, -0.25) is 4.79 Å². The highest BCUT2D eigenvalue weighted by atomic mass is 16.5. The van der Waals surface area contributed by atoms with Gasteiger partial charge >= 0.3 is 0 Å². The second-order valence-corrected chi connectivity index (χ2v) is 7.38. The van der Waals surface area contributed by atoms with Gasteiger partial charge in [-0.25, -0.2) is 0 Å². The molecule has 3 rings (SSSR count). The molecule has 0 spiro atoms. The van der Waals surface area contributed by atoms with E-state index in [1.54, 1.807) is 0 Å². The fourth-order valence-corrected chi connectivity index (χ4v) is 3.47. The highest BCUT2D eigenvalue weighted by Gasteiger charge is 2.35. The Hall–Kier alpha value is -2.04. The van der Waals surface area contributed by atoms with E-state index in [0.717, 1.165) is 41.2 Å². The van der Waals surface area contributed by atoms with Crippen LogP contribution in [-0.2, 0) is 17.6 Å². The first-order chi connectivity index (χ1) is 10.7. The Morgan fingerprint density at radius 2 is 2.13 bits per heavy atom. The SMILES string of the molecule is Cc1cc2c(o1)CC(C)(C)CC2NC(=O)Cc1c(C)noc1C. The minimum atomic E-state index is -0.00750. The van der Waals surface area contributed by atoms with Crippen LogP contribution >= 0.6 is 0 Å². The Morgan fingerprint density at radius 3 is 2.78 bits per heavy atom. The summed E-state index contributed by atoms with van der Waals surface area (Å²) in [7, 11) is 0. The van der Waals surface area contributed by atoms with Crippen LogP contribution in [0, 0.1) is 26.2 Å². The minimum absolute atomic E-state index is 0.000766. The van der Waals surface area contributed by atoms with E-state index in [4.69, 9.17) is 8.94 Å². The topological polar surface area (TPSA) is 68.3 Å². The molecule has 1 unspecified atom stereocenters. The summed E-state index contributed by atoms with van der Waals surface area (Å²) in [5, 5.41) is 7.08. The summed E-state index contributed by atoms with van der Waals surface area (Å²) in [6.45, 7) is 10.1. The van der Waals surface area contributed by atoms with Crippen LogP contribution in [-0.4, -0.2) is 11.1 Å². The van der Waals surface area contributed by atoms with Crippen molar-refractivity contribution < 1.29 is 13.7 Å². The first kappa shape index (κ1) is 15.8. The molecule has 2 heterocycles. The third-order valence-electron chi connectivity index (χ3n) is 4.59. The van der Waals surface area contributed by atoms with Gasteiger partial charge in [-0.15, -0.1) is 0 Å². The highest BCUT2D eigenvalue weighted by Crippen LogP contribution is 2.42. The van der Waals surface area contributed by atoms with E-state index in [0.29, 0.717) is 12.2 Å². The Balaban J connectivity index is 1.78. The summed E-state index contributed by atoms with van der Waals surface area (Å²) in [6, 6.07) is 2.05. The molecule has 0 aliphatic heterocycles. The summed E-state index contributed by atoms with van der Waals surface area (Å²) in [6.07, 6.45) is 2.11. The molecule has 0 saturated carbocycles. The van der Waals surface area contributed by atoms with Crippen LogP contribution in [0.25, 0.3) is 0 Å². The molecular formula is C18H24N2O3. The maximum Gasteiger partial charge on any atom is 0.225 e. The number of aryl methyl sites for hydroxylation is 3. The zero-order chi connectivity index (χ0) is 16.8. The minimum Gasteiger partial charge on any atom is -0.466 e. The molecule has 2 aromatic heterocycles.